The van der Waals surface area contributed by atoms with E-state index < -0.39 is 5.97 Å². The molecule has 0 spiro atoms. The first kappa shape index (κ1) is 19.4. The molecule has 3 rings (SSSR count). The number of anilines is 1. The zero-order chi connectivity index (χ0) is 19.8. The van der Waals surface area contributed by atoms with Crippen LogP contribution < -0.4 is 9.64 Å². The number of hydrogen-bond acceptors (Lipinski definition) is 6. The average Bonchev–Trinajstić information content (AvgIpc) is 2.75. The van der Waals surface area contributed by atoms with E-state index in [0.29, 0.717) is 6.54 Å². The van der Waals surface area contributed by atoms with Gasteiger partial charge in [0.2, 0.25) is 6.61 Å². The minimum Gasteiger partial charge on any atom is -0.497 e. The number of hydrogen-bond donors (Lipinski definition) is 0. The van der Waals surface area contributed by atoms with Gasteiger partial charge < -0.3 is 19.2 Å². The van der Waals surface area contributed by atoms with Crippen LogP contribution in [0.2, 0.25) is 0 Å². The second-order valence-electron chi connectivity index (χ2n) is 6.22. The van der Waals surface area contributed by atoms with Gasteiger partial charge in [0.15, 0.2) is 6.61 Å². The number of oxime groups is 1. The van der Waals surface area contributed by atoms with Crippen LogP contribution in [0.4, 0.5) is 5.69 Å². The topological polar surface area (TPSA) is 77.4 Å². The van der Waals surface area contributed by atoms with Crippen LogP contribution in [0.15, 0.2) is 53.7 Å². The van der Waals surface area contributed by atoms with Crippen molar-refractivity contribution in [3.63, 3.8) is 0 Å². The van der Waals surface area contributed by atoms with Gasteiger partial charge in [0.05, 0.1) is 13.3 Å². The fourth-order valence-corrected chi connectivity index (χ4v) is 2.93. The summed E-state index contributed by atoms with van der Waals surface area (Å²) in [5, 5.41) is 3.72. The Morgan fingerprint density at radius 1 is 1.11 bits per heavy atom. The Bertz CT molecular complexity index is 848. The Balaban J connectivity index is 1.42. The highest BCUT2D eigenvalue weighted by Crippen LogP contribution is 2.26. The summed E-state index contributed by atoms with van der Waals surface area (Å²) in [6.07, 6.45) is 3.31. The SMILES string of the molecule is COc1ccc(/C=N/OCC(=O)OCC(=O)N2CCCc3ccccc32)cc1. The fourth-order valence-electron chi connectivity index (χ4n) is 2.93. The maximum absolute atomic E-state index is 12.4. The van der Waals surface area contributed by atoms with Gasteiger partial charge in [-0.2, -0.15) is 0 Å². The van der Waals surface area contributed by atoms with Crippen molar-refractivity contribution < 1.29 is 23.9 Å². The lowest BCUT2D eigenvalue weighted by Crippen LogP contribution is -2.38. The van der Waals surface area contributed by atoms with Gasteiger partial charge >= 0.3 is 5.97 Å². The zero-order valence-electron chi connectivity index (χ0n) is 15.7. The standard InChI is InChI=1S/C21H22N2O5/c1-26-18-10-8-16(9-11-18)13-22-28-15-21(25)27-14-20(24)23-12-4-6-17-5-2-3-7-19(17)23/h2-3,5,7-11,13H,4,6,12,14-15H2,1H3/b22-13+. The number of ether oxygens (including phenoxy) is 2. The third kappa shape index (κ3) is 5.09. The normalized spacial score (nSPS) is 13.1. The summed E-state index contributed by atoms with van der Waals surface area (Å²) < 4.78 is 10.1. The zero-order valence-corrected chi connectivity index (χ0v) is 15.7. The molecule has 0 atom stereocenters. The summed E-state index contributed by atoms with van der Waals surface area (Å²) in [5.74, 6) is -0.157. The van der Waals surface area contributed by atoms with Crippen molar-refractivity contribution >= 4 is 23.8 Å². The Labute approximate surface area is 163 Å². The van der Waals surface area contributed by atoms with E-state index in [1.807, 2.05) is 24.3 Å². The van der Waals surface area contributed by atoms with Crippen molar-refractivity contribution in [2.24, 2.45) is 5.16 Å². The molecule has 0 aromatic heterocycles. The van der Waals surface area contributed by atoms with Gasteiger partial charge in [0.25, 0.3) is 5.91 Å². The number of nitrogens with zero attached hydrogens (tertiary/aromatic N) is 2. The number of benzene rings is 2. The highest BCUT2D eigenvalue weighted by Gasteiger charge is 2.23. The molecule has 1 heterocycles. The molecule has 0 saturated carbocycles. The number of para-hydroxylation sites is 1. The molecule has 1 aliphatic rings. The molecule has 1 aliphatic heterocycles. The highest BCUT2D eigenvalue weighted by atomic mass is 16.7. The van der Waals surface area contributed by atoms with Crippen molar-refractivity contribution in [2.75, 3.05) is 31.8 Å². The van der Waals surface area contributed by atoms with Gasteiger partial charge in [-0.3, -0.25) is 4.79 Å². The molecule has 2 aromatic carbocycles. The van der Waals surface area contributed by atoms with Gasteiger partial charge in [-0.05, 0) is 54.3 Å². The van der Waals surface area contributed by atoms with E-state index in [9.17, 15) is 9.59 Å². The lowest BCUT2D eigenvalue weighted by Gasteiger charge is -2.29. The smallest absolute Gasteiger partial charge is 0.347 e. The van der Waals surface area contributed by atoms with E-state index in [0.717, 1.165) is 35.4 Å². The molecular weight excluding hydrogens is 360 g/mol. The molecule has 0 saturated heterocycles. The van der Waals surface area contributed by atoms with Crippen LogP contribution in [0.5, 0.6) is 5.75 Å². The van der Waals surface area contributed by atoms with Crippen LogP contribution >= 0.6 is 0 Å². The Morgan fingerprint density at radius 2 is 1.89 bits per heavy atom. The van der Waals surface area contributed by atoms with E-state index in [1.54, 1.807) is 36.3 Å². The maximum atomic E-state index is 12.4. The molecule has 0 bridgehead atoms. The van der Waals surface area contributed by atoms with E-state index in [1.165, 1.54) is 6.21 Å². The highest BCUT2D eigenvalue weighted by molar-refractivity contribution is 5.96. The molecule has 0 fully saturated rings. The first-order chi connectivity index (χ1) is 13.7. The Kier molecular flexibility index (Phi) is 6.62. The van der Waals surface area contributed by atoms with E-state index in [4.69, 9.17) is 14.3 Å². The first-order valence-electron chi connectivity index (χ1n) is 9.00. The summed E-state index contributed by atoms with van der Waals surface area (Å²) in [6, 6.07) is 15.0. The van der Waals surface area contributed by atoms with Gasteiger partial charge in [-0.15, -0.1) is 0 Å². The lowest BCUT2D eigenvalue weighted by atomic mass is 10.0. The summed E-state index contributed by atoms with van der Waals surface area (Å²) in [5.41, 5.74) is 2.81. The quantitative estimate of drug-likeness (QED) is 0.418. The van der Waals surface area contributed by atoms with Crippen molar-refractivity contribution in [1.29, 1.82) is 0 Å². The molecule has 2 aromatic rings. The lowest BCUT2D eigenvalue weighted by molar-refractivity contribution is -0.152. The van der Waals surface area contributed by atoms with Crippen LogP contribution in [0, 0.1) is 0 Å². The number of carbonyl (C=O) groups excluding carboxylic acids is 2. The summed E-state index contributed by atoms with van der Waals surface area (Å²) in [7, 11) is 1.59. The van der Waals surface area contributed by atoms with E-state index >= 15 is 0 Å². The molecular formula is C21H22N2O5. The van der Waals surface area contributed by atoms with E-state index in [-0.39, 0.29) is 19.1 Å². The number of esters is 1. The molecule has 146 valence electrons. The summed E-state index contributed by atoms with van der Waals surface area (Å²) >= 11 is 0. The first-order valence-corrected chi connectivity index (χ1v) is 9.00. The molecule has 7 heteroatoms. The summed E-state index contributed by atoms with van der Waals surface area (Å²) in [6.45, 7) is -0.0642. The average molecular weight is 382 g/mol. The number of amides is 1. The van der Waals surface area contributed by atoms with Gasteiger partial charge in [0.1, 0.15) is 5.75 Å². The van der Waals surface area contributed by atoms with Crippen LogP contribution in [-0.2, 0) is 25.6 Å². The van der Waals surface area contributed by atoms with Gasteiger partial charge in [-0.1, -0.05) is 23.4 Å². The third-order valence-corrected chi connectivity index (χ3v) is 4.34. The Morgan fingerprint density at radius 3 is 2.68 bits per heavy atom. The maximum Gasteiger partial charge on any atom is 0.347 e. The molecule has 1 amide bonds. The predicted octanol–water partition coefficient (Wildman–Crippen LogP) is 2.57. The number of carbonyl (C=O) groups is 2. The molecule has 0 N–H and O–H groups in total. The van der Waals surface area contributed by atoms with Crippen molar-refractivity contribution in [1.82, 2.24) is 0 Å². The second-order valence-corrected chi connectivity index (χ2v) is 6.22. The van der Waals surface area contributed by atoms with Crippen molar-refractivity contribution in [3.05, 3.63) is 59.7 Å². The molecule has 0 unspecified atom stereocenters. The Hall–Kier alpha value is -3.35. The van der Waals surface area contributed by atoms with Crippen molar-refractivity contribution in [2.45, 2.75) is 12.8 Å². The largest absolute Gasteiger partial charge is 0.497 e. The number of methoxy groups -OCH3 is 1. The summed E-state index contributed by atoms with van der Waals surface area (Å²) in [4.78, 5) is 30.8. The predicted molar refractivity (Wildman–Crippen MR) is 105 cm³/mol. The monoisotopic (exact) mass is 382 g/mol. The molecule has 28 heavy (non-hydrogen) atoms. The van der Waals surface area contributed by atoms with Gasteiger partial charge in [-0.25, -0.2) is 4.79 Å². The number of fused-ring (bicyclic) bond motifs is 1. The molecule has 7 nitrogen and oxygen atoms in total. The number of aryl methyl sites for hydroxylation is 1. The van der Waals surface area contributed by atoms with Crippen LogP contribution in [0.3, 0.4) is 0 Å². The van der Waals surface area contributed by atoms with Crippen LogP contribution in [-0.4, -0.2) is 45.0 Å². The van der Waals surface area contributed by atoms with Crippen LogP contribution in [0.1, 0.15) is 17.5 Å². The third-order valence-electron chi connectivity index (χ3n) is 4.34. The molecule has 0 aliphatic carbocycles. The minimum absolute atomic E-state index is 0.248. The van der Waals surface area contributed by atoms with Crippen LogP contribution in [0.25, 0.3) is 0 Å². The van der Waals surface area contributed by atoms with Crippen molar-refractivity contribution in [3.8, 4) is 5.75 Å². The fraction of sp³-hybridized carbons (Fsp3) is 0.286. The number of rotatable bonds is 7. The second kappa shape index (κ2) is 9.55. The van der Waals surface area contributed by atoms with E-state index in [2.05, 4.69) is 5.16 Å². The minimum atomic E-state index is -0.648. The molecule has 0 radical (unpaired) electrons. The van der Waals surface area contributed by atoms with Gasteiger partial charge in [0, 0.05) is 12.2 Å².